The Hall–Kier alpha value is -0.760. The standard InChI is InChI=1S/C10H12ClFO/c1-3-10(11)7-4-8(12)6-9(5-7)13-2/h4-6,10H,3H2,1-2H3. The monoisotopic (exact) mass is 202 g/mol. The topological polar surface area (TPSA) is 9.23 Å². The van der Waals surface area contributed by atoms with Crippen LogP contribution in [-0.4, -0.2) is 7.11 Å². The Balaban J connectivity index is 3.01. The second-order valence-corrected chi connectivity index (χ2v) is 3.33. The predicted molar refractivity (Wildman–Crippen MR) is 51.8 cm³/mol. The molecule has 3 heteroatoms. The lowest BCUT2D eigenvalue weighted by atomic mass is 10.1. The maximum absolute atomic E-state index is 13.0. The molecule has 0 saturated heterocycles. The van der Waals surface area contributed by atoms with E-state index in [1.165, 1.54) is 19.2 Å². The quantitative estimate of drug-likeness (QED) is 0.682. The Morgan fingerprint density at radius 2 is 2.15 bits per heavy atom. The normalized spacial score (nSPS) is 12.6. The van der Waals surface area contributed by atoms with Crippen LogP contribution in [0, 0.1) is 5.82 Å². The highest BCUT2D eigenvalue weighted by Crippen LogP contribution is 2.27. The van der Waals surface area contributed by atoms with Crippen LogP contribution in [0.15, 0.2) is 18.2 Å². The van der Waals surface area contributed by atoms with Crippen molar-refractivity contribution >= 4 is 11.6 Å². The van der Waals surface area contributed by atoms with Crippen LogP contribution in [0.25, 0.3) is 0 Å². The molecular formula is C10H12ClFO. The molecule has 0 spiro atoms. The summed E-state index contributed by atoms with van der Waals surface area (Å²) in [4.78, 5) is 0. The summed E-state index contributed by atoms with van der Waals surface area (Å²) < 4.78 is 17.9. The van der Waals surface area contributed by atoms with Crippen molar-refractivity contribution in [3.63, 3.8) is 0 Å². The molecule has 0 aromatic heterocycles. The fourth-order valence-electron chi connectivity index (χ4n) is 1.12. The van der Waals surface area contributed by atoms with Crippen molar-refractivity contribution in [2.75, 3.05) is 7.11 Å². The van der Waals surface area contributed by atoms with Crippen LogP contribution >= 0.6 is 11.6 Å². The predicted octanol–water partition coefficient (Wildman–Crippen LogP) is 3.52. The lowest BCUT2D eigenvalue weighted by Gasteiger charge is -2.08. The van der Waals surface area contributed by atoms with E-state index in [4.69, 9.17) is 16.3 Å². The first-order chi connectivity index (χ1) is 6.17. The molecule has 0 N–H and O–H groups in total. The lowest BCUT2D eigenvalue weighted by molar-refractivity contribution is 0.410. The first-order valence-electron chi connectivity index (χ1n) is 4.16. The Morgan fingerprint density at radius 3 is 2.69 bits per heavy atom. The van der Waals surface area contributed by atoms with Gasteiger partial charge in [0.1, 0.15) is 11.6 Å². The largest absolute Gasteiger partial charge is 0.497 e. The minimum atomic E-state index is -0.312. The van der Waals surface area contributed by atoms with Gasteiger partial charge in [-0.05, 0) is 24.1 Å². The molecule has 72 valence electrons. The van der Waals surface area contributed by atoms with Crippen molar-refractivity contribution in [1.29, 1.82) is 0 Å². The molecule has 0 saturated carbocycles. The molecule has 0 aliphatic carbocycles. The summed E-state index contributed by atoms with van der Waals surface area (Å²) in [6.07, 6.45) is 0.772. The van der Waals surface area contributed by atoms with Crippen LogP contribution in [0.4, 0.5) is 4.39 Å². The van der Waals surface area contributed by atoms with E-state index in [1.807, 2.05) is 6.92 Å². The molecule has 0 fully saturated rings. The second-order valence-electron chi connectivity index (χ2n) is 2.80. The highest BCUT2D eigenvalue weighted by Gasteiger charge is 2.08. The van der Waals surface area contributed by atoms with Gasteiger partial charge in [-0.1, -0.05) is 6.92 Å². The molecule has 1 atom stereocenters. The number of hydrogen-bond donors (Lipinski definition) is 0. The Morgan fingerprint density at radius 1 is 1.46 bits per heavy atom. The minimum absolute atomic E-state index is 0.149. The SMILES string of the molecule is CCC(Cl)c1cc(F)cc(OC)c1. The van der Waals surface area contributed by atoms with Crippen molar-refractivity contribution < 1.29 is 9.13 Å². The number of hydrogen-bond acceptors (Lipinski definition) is 1. The molecule has 13 heavy (non-hydrogen) atoms. The molecule has 0 heterocycles. The fourth-order valence-corrected chi connectivity index (χ4v) is 1.24. The summed E-state index contributed by atoms with van der Waals surface area (Å²) in [6.45, 7) is 1.95. The number of rotatable bonds is 3. The van der Waals surface area contributed by atoms with Gasteiger partial charge in [-0.3, -0.25) is 0 Å². The average Bonchev–Trinajstić information content (AvgIpc) is 2.15. The molecule has 1 nitrogen and oxygen atoms in total. The smallest absolute Gasteiger partial charge is 0.127 e. The van der Waals surface area contributed by atoms with Gasteiger partial charge in [0.15, 0.2) is 0 Å². The van der Waals surface area contributed by atoms with E-state index >= 15 is 0 Å². The Bertz CT molecular complexity index is 288. The van der Waals surface area contributed by atoms with Gasteiger partial charge in [-0.2, -0.15) is 0 Å². The van der Waals surface area contributed by atoms with E-state index in [0.29, 0.717) is 5.75 Å². The summed E-state index contributed by atoms with van der Waals surface area (Å²) in [7, 11) is 1.51. The van der Waals surface area contributed by atoms with E-state index in [1.54, 1.807) is 6.07 Å². The highest BCUT2D eigenvalue weighted by molar-refractivity contribution is 6.20. The molecule has 1 rings (SSSR count). The maximum Gasteiger partial charge on any atom is 0.127 e. The minimum Gasteiger partial charge on any atom is -0.497 e. The van der Waals surface area contributed by atoms with Crippen molar-refractivity contribution in [1.82, 2.24) is 0 Å². The summed E-state index contributed by atoms with van der Waals surface area (Å²) in [5, 5.41) is -0.149. The van der Waals surface area contributed by atoms with Crippen molar-refractivity contribution in [3.05, 3.63) is 29.6 Å². The first kappa shape index (κ1) is 10.3. The number of halogens is 2. The summed E-state index contributed by atoms with van der Waals surface area (Å²) >= 11 is 5.97. The number of alkyl halides is 1. The van der Waals surface area contributed by atoms with Gasteiger partial charge in [-0.25, -0.2) is 4.39 Å². The Labute approximate surface area is 82.5 Å². The van der Waals surface area contributed by atoms with E-state index in [-0.39, 0.29) is 11.2 Å². The molecule has 1 aromatic carbocycles. The van der Waals surface area contributed by atoms with Crippen molar-refractivity contribution in [2.45, 2.75) is 18.7 Å². The molecule has 0 radical (unpaired) electrons. The van der Waals surface area contributed by atoms with E-state index in [9.17, 15) is 4.39 Å². The van der Waals surface area contributed by atoms with Crippen LogP contribution < -0.4 is 4.74 Å². The molecule has 0 aliphatic rings. The van der Waals surface area contributed by atoms with Crippen LogP contribution in [-0.2, 0) is 0 Å². The zero-order valence-electron chi connectivity index (χ0n) is 7.68. The van der Waals surface area contributed by atoms with Gasteiger partial charge in [-0.15, -0.1) is 11.6 Å². The van der Waals surface area contributed by atoms with Gasteiger partial charge in [0, 0.05) is 6.07 Å². The molecular weight excluding hydrogens is 191 g/mol. The lowest BCUT2D eigenvalue weighted by Crippen LogP contribution is -1.92. The summed E-state index contributed by atoms with van der Waals surface area (Å²) in [5.74, 6) is 0.197. The van der Waals surface area contributed by atoms with Gasteiger partial charge in [0.2, 0.25) is 0 Å². The van der Waals surface area contributed by atoms with E-state index in [0.717, 1.165) is 12.0 Å². The van der Waals surface area contributed by atoms with Crippen LogP contribution in [0.5, 0.6) is 5.75 Å². The van der Waals surface area contributed by atoms with Crippen molar-refractivity contribution in [3.8, 4) is 5.75 Å². The van der Waals surface area contributed by atoms with Crippen LogP contribution in [0.2, 0.25) is 0 Å². The van der Waals surface area contributed by atoms with Crippen LogP contribution in [0.1, 0.15) is 24.3 Å². The van der Waals surface area contributed by atoms with Gasteiger partial charge in [0.05, 0.1) is 12.5 Å². The molecule has 0 bridgehead atoms. The fraction of sp³-hybridized carbons (Fsp3) is 0.400. The van der Waals surface area contributed by atoms with Gasteiger partial charge >= 0.3 is 0 Å². The average molecular weight is 203 g/mol. The number of methoxy groups -OCH3 is 1. The van der Waals surface area contributed by atoms with Gasteiger partial charge < -0.3 is 4.74 Å². The number of benzene rings is 1. The van der Waals surface area contributed by atoms with E-state index < -0.39 is 0 Å². The summed E-state index contributed by atoms with van der Waals surface area (Å²) in [6, 6.07) is 4.52. The van der Waals surface area contributed by atoms with Crippen molar-refractivity contribution in [2.24, 2.45) is 0 Å². The van der Waals surface area contributed by atoms with Crippen LogP contribution in [0.3, 0.4) is 0 Å². The molecule has 0 aliphatic heterocycles. The summed E-state index contributed by atoms with van der Waals surface area (Å²) in [5.41, 5.74) is 0.765. The molecule has 1 unspecified atom stereocenters. The third-order valence-electron chi connectivity index (χ3n) is 1.85. The number of ether oxygens (including phenoxy) is 1. The first-order valence-corrected chi connectivity index (χ1v) is 4.59. The third kappa shape index (κ3) is 2.59. The van der Waals surface area contributed by atoms with E-state index in [2.05, 4.69) is 0 Å². The zero-order chi connectivity index (χ0) is 9.84. The van der Waals surface area contributed by atoms with Gasteiger partial charge in [0.25, 0.3) is 0 Å². The highest BCUT2D eigenvalue weighted by atomic mass is 35.5. The molecule has 0 amide bonds. The molecule has 1 aromatic rings. The third-order valence-corrected chi connectivity index (χ3v) is 2.41. The second kappa shape index (κ2) is 4.47. The maximum atomic E-state index is 13.0. The zero-order valence-corrected chi connectivity index (χ0v) is 8.44. The Kier molecular flexibility index (Phi) is 3.55.